The van der Waals surface area contributed by atoms with Crippen LogP contribution in [0.5, 0.6) is 0 Å². The lowest BCUT2D eigenvalue weighted by molar-refractivity contribution is -0.114. The Balaban J connectivity index is 2.03. The zero-order chi connectivity index (χ0) is 16.5. The minimum atomic E-state index is -0.491. The zero-order valence-electron chi connectivity index (χ0n) is 13.1. The van der Waals surface area contributed by atoms with Crippen LogP contribution < -0.4 is 5.32 Å². The SMILES string of the molecule is CC(=O)Nc1snc([C@@H]2CCN(C(=O)OC(C)(C)C)C2)c1Br. The first-order chi connectivity index (χ1) is 10.2. The van der Waals surface area contributed by atoms with Crippen LogP contribution in [0.25, 0.3) is 0 Å². The van der Waals surface area contributed by atoms with E-state index in [2.05, 4.69) is 25.6 Å². The van der Waals surface area contributed by atoms with Gasteiger partial charge in [-0.1, -0.05) is 0 Å². The lowest BCUT2D eigenvalue weighted by Crippen LogP contribution is -2.35. The lowest BCUT2D eigenvalue weighted by atomic mass is 10.1. The Morgan fingerprint density at radius 3 is 2.73 bits per heavy atom. The Hall–Kier alpha value is -1.15. The molecule has 1 aromatic heterocycles. The van der Waals surface area contributed by atoms with Crippen LogP contribution in [0.3, 0.4) is 0 Å². The van der Waals surface area contributed by atoms with E-state index in [1.54, 1.807) is 4.90 Å². The van der Waals surface area contributed by atoms with Crippen molar-refractivity contribution in [3.63, 3.8) is 0 Å². The van der Waals surface area contributed by atoms with E-state index in [-0.39, 0.29) is 17.9 Å². The van der Waals surface area contributed by atoms with Gasteiger partial charge >= 0.3 is 6.09 Å². The summed E-state index contributed by atoms with van der Waals surface area (Å²) in [6.45, 7) is 8.26. The first kappa shape index (κ1) is 17.2. The van der Waals surface area contributed by atoms with Crippen LogP contribution >= 0.6 is 27.5 Å². The molecule has 0 aromatic carbocycles. The first-order valence-electron chi connectivity index (χ1n) is 7.08. The molecule has 1 fully saturated rings. The molecule has 1 atom stereocenters. The van der Waals surface area contributed by atoms with Gasteiger partial charge in [-0.15, -0.1) is 0 Å². The van der Waals surface area contributed by atoms with Gasteiger partial charge in [-0.3, -0.25) is 4.79 Å². The van der Waals surface area contributed by atoms with Crippen LogP contribution in [0.15, 0.2) is 4.47 Å². The minimum absolute atomic E-state index is 0.127. The summed E-state index contributed by atoms with van der Waals surface area (Å²) >= 11 is 4.74. The number of carbonyl (C=O) groups excluding carboxylic acids is 2. The zero-order valence-corrected chi connectivity index (χ0v) is 15.5. The molecular formula is C14H20BrN3O3S. The van der Waals surface area contributed by atoms with Crippen molar-refractivity contribution in [1.29, 1.82) is 0 Å². The number of rotatable bonds is 2. The topological polar surface area (TPSA) is 71.5 Å². The molecule has 0 radical (unpaired) electrons. The lowest BCUT2D eigenvalue weighted by Gasteiger charge is -2.24. The van der Waals surface area contributed by atoms with Crippen molar-refractivity contribution in [2.45, 2.75) is 45.6 Å². The fourth-order valence-corrected chi connectivity index (χ4v) is 3.91. The molecule has 0 saturated carbocycles. The molecule has 1 N–H and O–H groups in total. The van der Waals surface area contributed by atoms with Crippen LogP contribution in [-0.2, 0) is 9.53 Å². The van der Waals surface area contributed by atoms with Crippen LogP contribution in [0.1, 0.15) is 45.7 Å². The molecular weight excluding hydrogens is 370 g/mol. The molecule has 1 aliphatic rings. The number of anilines is 1. The summed E-state index contributed by atoms with van der Waals surface area (Å²) in [5.41, 5.74) is 0.398. The number of ether oxygens (including phenoxy) is 1. The van der Waals surface area contributed by atoms with Gasteiger partial charge in [0.1, 0.15) is 10.6 Å². The number of hydrogen-bond donors (Lipinski definition) is 1. The third-order valence-corrected chi connectivity index (χ3v) is 5.02. The van der Waals surface area contributed by atoms with Gasteiger partial charge in [0.25, 0.3) is 0 Å². The average molecular weight is 390 g/mol. The monoisotopic (exact) mass is 389 g/mol. The average Bonchev–Trinajstić information content (AvgIpc) is 2.95. The van der Waals surface area contributed by atoms with Gasteiger partial charge in [-0.2, -0.15) is 4.37 Å². The number of nitrogens with one attached hydrogen (secondary N) is 1. The van der Waals surface area contributed by atoms with Crippen molar-refractivity contribution in [3.8, 4) is 0 Å². The second-order valence-electron chi connectivity index (χ2n) is 6.30. The first-order valence-corrected chi connectivity index (χ1v) is 8.64. The summed E-state index contributed by atoms with van der Waals surface area (Å²) in [7, 11) is 0. The van der Waals surface area contributed by atoms with E-state index < -0.39 is 5.60 Å². The number of carbonyl (C=O) groups is 2. The summed E-state index contributed by atoms with van der Waals surface area (Å²) in [6.07, 6.45) is 0.546. The molecule has 6 nitrogen and oxygen atoms in total. The summed E-state index contributed by atoms with van der Waals surface area (Å²) in [4.78, 5) is 24.9. The van der Waals surface area contributed by atoms with E-state index in [9.17, 15) is 9.59 Å². The largest absolute Gasteiger partial charge is 0.444 e. The van der Waals surface area contributed by atoms with E-state index in [0.29, 0.717) is 18.1 Å². The molecule has 2 rings (SSSR count). The molecule has 0 bridgehead atoms. The molecule has 1 aromatic rings. The maximum atomic E-state index is 12.1. The Morgan fingerprint density at radius 2 is 2.14 bits per heavy atom. The van der Waals surface area contributed by atoms with Crippen molar-refractivity contribution in [1.82, 2.24) is 9.27 Å². The van der Waals surface area contributed by atoms with E-state index in [1.807, 2.05) is 20.8 Å². The van der Waals surface area contributed by atoms with E-state index >= 15 is 0 Å². The fourth-order valence-electron chi connectivity index (χ4n) is 2.26. The van der Waals surface area contributed by atoms with Crippen molar-refractivity contribution < 1.29 is 14.3 Å². The van der Waals surface area contributed by atoms with E-state index in [4.69, 9.17) is 4.74 Å². The molecule has 2 amide bonds. The molecule has 2 heterocycles. The van der Waals surface area contributed by atoms with Gasteiger partial charge in [0.2, 0.25) is 5.91 Å². The molecule has 1 aliphatic heterocycles. The van der Waals surface area contributed by atoms with Gasteiger partial charge < -0.3 is 15.0 Å². The number of aromatic nitrogens is 1. The van der Waals surface area contributed by atoms with Crippen molar-refractivity contribution in [3.05, 3.63) is 10.2 Å². The van der Waals surface area contributed by atoms with Gasteiger partial charge in [-0.05, 0) is 54.7 Å². The van der Waals surface area contributed by atoms with Crippen LogP contribution in [0.2, 0.25) is 0 Å². The second kappa shape index (κ2) is 6.54. The second-order valence-corrected chi connectivity index (χ2v) is 7.87. The number of nitrogens with zero attached hydrogens (tertiary/aromatic N) is 2. The molecule has 22 heavy (non-hydrogen) atoms. The van der Waals surface area contributed by atoms with Crippen molar-refractivity contribution >= 4 is 44.5 Å². The standard InChI is InChI=1S/C14H20BrN3O3S/c1-8(19)16-12-10(15)11(17-22-12)9-5-6-18(7-9)13(20)21-14(2,3)4/h9H,5-7H2,1-4H3,(H,16,19)/t9-/m1/s1. The summed E-state index contributed by atoms with van der Waals surface area (Å²) in [5, 5.41) is 3.45. The summed E-state index contributed by atoms with van der Waals surface area (Å²) < 4.78 is 10.6. The minimum Gasteiger partial charge on any atom is -0.444 e. The molecule has 8 heteroatoms. The third-order valence-electron chi connectivity index (χ3n) is 3.18. The normalized spacial score (nSPS) is 18.4. The van der Waals surface area contributed by atoms with Crippen LogP contribution in [0.4, 0.5) is 9.80 Å². The Bertz CT molecular complexity index is 582. The highest BCUT2D eigenvalue weighted by molar-refractivity contribution is 9.10. The third kappa shape index (κ3) is 4.19. The highest BCUT2D eigenvalue weighted by Crippen LogP contribution is 2.38. The maximum Gasteiger partial charge on any atom is 0.410 e. The van der Waals surface area contributed by atoms with Gasteiger partial charge in [0.05, 0.1) is 10.2 Å². The number of amides is 2. The Morgan fingerprint density at radius 1 is 1.45 bits per heavy atom. The number of halogens is 1. The smallest absolute Gasteiger partial charge is 0.410 e. The Kier molecular flexibility index (Phi) is 5.11. The van der Waals surface area contributed by atoms with E-state index in [1.165, 1.54) is 18.5 Å². The predicted octanol–water partition coefficient (Wildman–Crippen LogP) is 3.59. The fraction of sp³-hybridized carbons (Fsp3) is 0.643. The molecule has 122 valence electrons. The van der Waals surface area contributed by atoms with Crippen molar-refractivity contribution in [2.24, 2.45) is 0 Å². The highest BCUT2D eigenvalue weighted by atomic mass is 79.9. The summed E-state index contributed by atoms with van der Waals surface area (Å²) in [6, 6.07) is 0. The molecule has 0 aliphatic carbocycles. The van der Waals surface area contributed by atoms with Crippen LogP contribution in [0, 0.1) is 0 Å². The number of likely N-dealkylation sites (tertiary alicyclic amines) is 1. The van der Waals surface area contributed by atoms with E-state index in [0.717, 1.165) is 16.6 Å². The van der Waals surface area contributed by atoms with Gasteiger partial charge in [0.15, 0.2) is 0 Å². The number of hydrogen-bond acceptors (Lipinski definition) is 5. The Labute approximate surface area is 142 Å². The molecule has 0 unspecified atom stereocenters. The molecule has 1 saturated heterocycles. The summed E-state index contributed by atoms with van der Waals surface area (Å²) in [5.74, 6) is 0.0263. The van der Waals surface area contributed by atoms with Gasteiger partial charge in [-0.25, -0.2) is 4.79 Å². The highest BCUT2D eigenvalue weighted by Gasteiger charge is 2.33. The van der Waals surface area contributed by atoms with Crippen LogP contribution in [-0.4, -0.2) is 40.0 Å². The molecule has 0 spiro atoms. The van der Waals surface area contributed by atoms with Crippen molar-refractivity contribution in [2.75, 3.05) is 18.4 Å². The maximum absolute atomic E-state index is 12.1. The predicted molar refractivity (Wildman–Crippen MR) is 89.3 cm³/mol. The van der Waals surface area contributed by atoms with Gasteiger partial charge in [0, 0.05) is 25.9 Å². The quantitative estimate of drug-likeness (QED) is 0.838.